The van der Waals surface area contributed by atoms with Crippen LogP contribution in [0.2, 0.25) is 0 Å². The first-order valence-corrected chi connectivity index (χ1v) is 5.67. The van der Waals surface area contributed by atoms with Gasteiger partial charge in [-0.25, -0.2) is 4.79 Å². The predicted octanol–water partition coefficient (Wildman–Crippen LogP) is -0.0343. The molecule has 1 unspecified atom stereocenters. The van der Waals surface area contributed by atoms with Gasteiger partial charge < -0.3 is 20.9 Å². The van der Waals surface area contributed by atoms with E-state index in [1.165, 1.54) is 0 Å². The second-order valence-electron chi connectivity index (χ2n) is 4.30. The van der Waals surface area contributed by atoms with Crippen molar-refractivity contribution in [3.8, 4) is 0 Å². The third-order valence-electron chi connectivity index (χ3n) is 2.48. The molecule has 1 amide bonds. The molecule has 0 heterocycles. The van der Waals surface area contributed by atoms with Gasteiger partial charge in [-0.1, -0.05) is 13.8 Å². The first-order chi connectivity index (χ1) is 7.90. The van der Waals surface area contributed by atoms with Crippen molar-refractivity contribution < 1.29 is 19.4 Å². The van der Waals surface area contributed by atoms with Gasteiger partial charge in [-0.3, -0.25) is 4.79 Å². The summed E-state index contributed by atoms with van der Waals surface area (Å²) in [5, 5.41) is 11.4. The number of amides is 1. The maximum absolute atomic E-state index is 11.6. The molecule has 17 heavy (non-hydrogen) atoms. The van der Waals surface area contributed by atoms with E-state index >= 15 is 0 Å². The Balaban J connectivity index is 4.25. The maximum Gasteiger partial charge on any atom is 0.326 e. The van der Waals surface area contributed by atoms with Crippen LogP contribution in [0.4, 0.5) is 0 Å². The Labute approximate surface area is 102 Å². The molecule has 2 atom stereocenters. The van der Waals surface area contributed by atoms with E-state index in [-0.39, 0.29) is 5.92 Å². The summed E-state index contributed by atoms with van der Waals surface area (Å²) < 4.78 is 4.83. The Morgan fingerprint density at radius 3 is 2.41 bits per heavy atom. The minimum Gasteiger partial charge on any atom is -0.480 e. The molecule has 0 aromatic carbocycles. The van der Waals surface area contributed by atoms with Gasteiger partial charge in [0, 0.05) is 13.7 Å². The summed E-state index contributed by atoms with van der Waals surface area (Å²) in [6.07, 6.45) is 0.907. The highest BCUT2D eigenvalue weighted by Crippen LogP contribution is 2.02. The number of nitrogens with one attached hydrogen (secondary N) is 1. The van der Waals surface area contributed by atoms with Crippen LogP contribution in [0.15, 0.2) is 0 Å². The van der Waals surface area contributed by atoms with Crippen LogP contribution in [-0.2, 0) is 14.3 Å². The molecule has 6 heteroatoms. The Morgan fingerprint density at radius 1 is 1.41 bits per heavy atom. The van der Waals surface area contributed by atoms with Gasteiger partial charge in [0.25, 0.3) is 0 Å². The van der Waals surface area contributed by atoms with Crippen LogP contribution < -0.4 is 11.1 Å². The third-order valence-corrected chi connectivity index (χ3v) is 2.48. The SMILES string of the molecule is COCCCC(NC(=O)[C@@H](N)C(C)C)C(=O)O. The van der Waals surface area contributed by atoms with Crippen LogP contribution in [-0.4, -0.2) is 42.8 Å². The zero-order valence-electron chi connectivity index (χ0n) is 10.6. The van der Waals surface area contributed by atoms with Gasteiger partial charge in [0.05, 0.1) is 6.04 Å². The summed E-state index contributed by atoms with van der Waals surface area (Å²) in [6.45, 7) is 4.09. The zero-order chi connectivity index (χ0) is 13.4. The summed E-state index contributed by atoms with van der Waals surface area (Å²) in [5.74, 6) is -1.50. The van der Waals surface area contributed by atoms with E-state index in [2.05, 4.69) is 5.32 Å². The molecule has 0 aliphatic heterocycles. The lowest BCUT2D eigenvalue weighted by Gasteiger charge is -2.19. The number of rotatable bonds is 8. The molecule has 0 rings (SSSR count). The van der Waals surface area contributed by atoms with Crippen molar-refractivity contribution in [1.82, 2.24) is 5.32 Å². The zero-order valence-corrected chi connectivity index (χ0v) is 10.6. The van der Waals surface area contributed by atoms with Crippen LogP contribution in [0, 0.1) is 5.92 Å². The van der Waals surface area contributed by atoms with Gasteiger partial charge in [0.1, 0.15) is 6.04 Å². The molecular weight excluding hydrogens is 224 g/mol. The highest BCUT2D eigenvalue weighted by atomic mass is 16.5. The Bertz CT molecular complexity index is 256. The number of methoxy groups -OCH3 is 1. The Kier molecular flexibility index (Phi) is 7.49. The monoisotopic (exact) mass is 246 g/mol. The van der Waals surface area contributed by atoms with Crippen molar-refractivity contribution in [2.45, 2.75) is 38.8 Å². The van der Waals surface area contributed by atoms with Crippen molar-refractivity contribution in [3.63, 3.8) is 0 Å². The molecule has 0 aromatic rings. The lowest BCUT2D eigenvalue weighted by atomic mass is 10.0. The van der Waals surface area contributed by atoms with E-state index in [9.17, 15) is 9.59 Å². The Morgan fingerprint density at radius 2 is 2.00 bits per heavy atom. The van der Waals surface area contributed by atoms with Crippen LogP contribution in [0.25, 0.3) is 0 Å². The molecular formula is C11H22N2O4. The molecule has 0 bridgehead atoms. The molecule has 0 spiro atoms. The van der Waals surface area contributed by atoms with E-state index < -0.39 is 24.0 Å². The van der Waals surface area contributed by atoms with Crippen molar-refractivity contribution in [3.05, 3.63) is 0 Å². The van der Waals surface area contributed by atoms with E-state index in [0.717, 1.165) is 0 Å². The number of hydrogen-bond donors (Lipinski definition) is 3. The molecule has 0 aliphatic rings. The second kappa shape index (κ2) is 8.03. The van der Waals surface area contributed by atoms with Crippen LogP contribution in [0.5, 0.6) is 0 Å². The number of carboxylic acids is 1. The second-order valence-corrected chi connectivity index (χ2v) is 4.30. The number of carboxylic acid groups (broad SMARTS) is 1. The summed E-state index contributed by atoms with van der Waals surface area (Å²) in [6, 6.07) is -1.58. The van der Waals surface area contributed by atoms with E-state index in [1.54, 1.807) is 7.11 Å². The van der Waals surface area contributed by atoms with E-state index in [0.29, 0.717) is 19.4 Å². The number of hydrogen-bond acceptors (Lipinski definition) is 4. The molecule has 0 saturated carbocycles. The lowest BCUT2D eigenvalue weighted by Crippen LogP contribution is -2.50. The molecule has 0 radical (unpaired) electrons. The number of carbonyl (C=O) groups is 2. The van der Waals surface area contributed by atoms with E-state index in [4.69, 9.17) is 15.6 Å². The molecule has 0 fully saturated rings. The van der Waals surface area contributed by atoms with Crippen molar-refractivity contribution in [2.75, 3.05) is 13.7 Å². The molecule has 0 aromatic heterocycles. The topological polar surface area (TPSA) is 102 Å². The van der Waals surface area contributed by atoms with Crippen molar-refractivity contribution in [1.29, 1.82) is 0 Å². The molecule has 100 valence electrons. The van der Waals surface area contributed by atoms with Gasteiger partial charge in [-0.15, -0.1) is 0 Å². The fourth-order valence-electron chi connectivity index (χ4n) is 1.26. The largest absolute Gasteiger partial charge is 0.480 e. The van der Waals surface area contributed by atoms with Crippen molar-refractivity contribution in [2.24, 2.45) is 11.7 Å². The average Bonchev–Trinajstić information content (AvgIpc) is 2.26. The van der Waals surface area contributed by atoms with Gasteiger partial charge in [-0.05, 0) is 18.8 Å². The molecule has 0 aliphatic carbocycles. The standard InChI is InChI=1S/C11H22N2O4/c1-7(2)9(12)10(14)13-8(11(15)16)5-4-6-17-3/h7-9H,4-6,12H2,1-3H3,(H,13,14)(H,15,16)/t8?,9-/m0/s1. The number of carbonyl (C=O) groups excluding carboxylic acids is 1. The fourth-order valence-corrected chi connectivity index (χ4v) is 1.26. The average molecular weight is 246 g/mol. The van der Waals surface area contributed by atoms with Gasteiger partial charge in [-0.2, -0.15) is 0 Å². The summed E-state index contributed by atoms with van der Waals surface area (Å²) >= 11 is 0. The van der Waals surface area contributed by atoms with Crippen molar-refractivity contribution >= 4 is 11.9 Å². The van der Waals surface area contributed by atoms with Gasteiger partial charge >= 0.3 is 5.97 Å². The highest BCUT2D eigenvalue weighted by molar-refractivity contribution is 5.86. The first kappa shape index (κ1) is 15.9. The first-order valence-electron chi connectivity index (χ1n) is 5.67. The molecule has 0 saturated heterocycles. The minimum absolute atomic E-state index is 0.0246. The summed E-state index contributed by atoms with van der Waals surface area (Å²) in [5.41, 5.74) is 5.63. The molecule has 6 nitrogen and oxygen atoms in total. The van der Waals surface area contributed by atoms with Gasteiger partial charge in [0.2, 0.25) is 5.91 Å². The number of nitrogens with two attached hydrogens (primary N) is 1. The lowest BCUT2D eigenvalue weighted by molar-refractivity contribution is -0.142. The quantitative estimate of drug-likeness (QED) is 0.522. The Hall–Kier alpha value is -1.14. The number of aliphatic carboxylic acids is 1. The summed E-state index contributed by atoms with van der Waals surface area (Å²) in [7, 11) is 1.54. The smallest absolute Gasteiger partial charge is 0.326 e. The van der Waals surface area contributed by atoms with Crippen LogP contribution in [0.3, 0.4) is 0 Å². The van der Waals surface area contributed by atoms with Gasteiger partial charge in [0.15, 0.2) is 0 Å². The fraction of sp³-hybridized carbons (Fsp3) is 0.818. The third kappa shape index (κ3) is 6.23. The van der Waals surface area contributed by atoms with Crippen LogP contribution in [0.1, 0.15) is 26.7 Å². The molecule has 4 N–H and O–H groups in total. The predicted molar refractivity (Wildman–Crippen MR) is 63.5 cm³/mol. The summed E-state index contributed by atoms with van der Waals surface area (Å²) in [4.78, 5) is 22.5. The number of ether oxygens (including phenoxy) is 1. The normalized spacial score (nSPS) is 14.4. The van der Waals surface area contributed by atoms with Crippen LogP contribution >= 0.6 is 0 Å². The highest BCUT2D eigenvalue weighted by Gasteiger charge is 2.24. The minimum atomic E-state index is -1.05. The maximum atomic E-state index is 11.6. The van der Waals surface area contributed by atoms with E-state index in [1.807, 2.05) is 13.8 Å².